The Morgan fingerprint density at radius 1 is 0.873 bits per heavy atom. The molecule has 3 aliphatic rings. The van der Waals surface area contributed by atoms with Gasteiger partial charge in [-0.15, -0.1) is 11.8 Å². The highest BCUT2D eigenvalue weighted by molar-refractivity contribution is 7.99. The largest absolute Gasteiger partial charge is 0.501 e. The summed E-state index contributed by atoms with van der Waals surface area (Å²) >= 11 is 1.47. The number of halogens is 3. The van der Waals surface area contributed by atoms with E-state index in [0.717, 1.165) is 75.1 Å². The number of thioether (sulfide) groups is 1. The van der Waals surface area contributed by atoms with E-state index in [0.29, 0.717) is 42.7 Å². The minimum absolute atomic E-state index is 0.0252. The summed E-state index contributed by atoms with van der Waals surface area (Å²) in [6.07, 6.45) is 0.484. The Morgan fingerprint density at radius 2 is 1.51 bits per heavy atom. The lowest BCUT2D eigenvalue weighted by atomic mass is 10.0. The molecular formula is C38H49F3N6O5S3. The van der Waals surface area contributed by atoms with E-state index < -0.39 is 47.1 Å². The van der Waals surface area contributed by atoms with Crippen molar-refractivity contribution in [2.24, 2.45) is 11.8 Å². The molecule has 0 aromatic heterocycles. The van der Waals surface area contributed by atoms with E-state index in [4.69, 9.17) is 0 Å². The van der Waals surface area contributed by atoms with Crippen molar-refractivity contribution in [1.82, 2.24) is 19.4 Å². The highest BCUT2D eigenvalue weighted by Crippen LogP contribution is 2.37. The van der Waals surface area contributed by atoms with Gasteiger partial charge in [-0.05, 0) is 93.7 Å². The minimum atomic E-state index is -6.02. The van der Waals surface area contributed by atoms with Gasteiger partial charge in [-0.2, -0.15) is 13.2 Å². The zero-order valence-electron chi connectivity index (χ0n) is 31.2. The highest BCUT2D eigenvalue weighted by atomic mass is 32.2. The molecule has 3 aromatic carbocycles. The van der Waals surface area contributed by atoms with Gasteiger partial charge in [0.2, 0.25) is 0 Å². The van der Waals surface area contributed by atoms with Gasteiger partial charge in [0.15, 0.2) is 0 Å². The van der Waals surface area contributed by atoms with Gasteiger partial charge < -0.3 is 20.0 Å². The number of alkyl halides is 3. The van der Waals surface area contributed by atoms with Crippen molar-refractivity contribution in [2.75, 3.05) is 81.9 Å². The van der Waals surface area contributed by atoms with Crippen molar-refractivity contribution in [1.29, 1.82) is 0 Å². The first-order valence-electron chi connectivity index (χ1n) is 18.5. The van der Waals surface area contributed by atoms with Gasteiger partial charge in [0.25, 0.3) is 25.8 Å². The lowest BCUT2D eigenvalue weighted by molar-refractivity contribution is -0.0435. The van der Waals surface area contributed by atoms with Crippen molar-refractivity contribution < 1.29 is 34.8 Å². The van der Waals surface area contributed by atoms with E-state index >= 15 is 0 Å². The number of rotatable bonds is 14. The molecule has 17 heteroatoms. The van der Waals surface area contributed by atoms with Crippen LogP contribution in [0.25, 0.3) is 0 Å². The van der Waals surface area contributed by atoms with Crippen LogP contribution in [0.1, 0.15) is 30.6 Å². The quantitative estimate of drug-likeness (QED) is 0.212. The Balaban J connectivity index is 1.19. The van der Waals surface area contributed by atoms with Crippen LogP contribution in [-0.4, -0.2) is 127 Å². The number of fused-ring (bicyclic) bond motifs is 1. The summed E-state index contributed by atoms with van der Waals surface area (Å²) in [5.74, 6) is 0.509. The zero-order valence-corrected chi connectivity index (χ0v) is 33.7. The topological polar surface area (TPSA) is 122 Å². The van der Waals surface area contributed by atoms with Crippen LogP contribution in [0.2, 0.25) is 0 Å². The smallest absolute Gasteiger partial charge is 0.380 e. The summed E-state index contributed by atoms with van der Waals surface area (Å²) in [5.41, 5.74) is -5.17. The number of hydrogen-bond donors (Lipinski definition) is 2. The van der Waals surface area contributed by atoms with Crippen LogP contribution < -0.4 is 14.9 Å². The maximum Gasteiger partial charge on any atom is 0.501 e. The summed E-state index contributed by atoms with van der Waals surface area (Å²) in [7, 11) is -8.71. The third kappa shape index (κ3) is 9.97. The number of nitrogens with one attached hydrogen (secondary N) is 2. The summed E-state index contributed by atoms with van der Waals surface area (Å²) in [6.45, 7) is 12.1. The molecule has 2 unspecified atom stereocenters. The Labute approximate surface area is 326 Å². The van der Waals surface area contributed by atoms with Crippen LogP contribution in [0.3, 0.4) is 0 Å². The molecular weight excluding hydrogens is 774 g/mol. The molecule has 0 aliphatic carbocycles. The second kappa shape index (κ2) is 17.0. The SMILES string of the molecule is CC(C)N1CCN(CC[C@H](CSc2ccccc2)Nc2ccc(S(=O)(=O)NC(=O)c3ccc(N4CC5CN(C)CC5C4)cc3)cc2S(=O)(=O)C(F)(F)F)CC1. The average molecular weight is 823 g/mol. The van der Waals surface area contributed by atoms with Crippen LogP contribution >= 0.6 is 11.8 Å². The van der Waals surface area contributed by atoms with E-state index in [9.17, 15) is 34.8 Å². The van der Waals surface area contributed by atoms with Gasteiger partial charge in [-0.3, -0.25) is 9.69 Å². The predicted molar refractivity (Wildman–Crippen MR) is 210 cm³/mol. The number of benzene rings is 3. The van der Waals surface area contributed by atoms with Crippen molar-refractivity contribution in [3.8, 4) is 0 Å². The fraction of sp³-hybridized carbons (Fsp3) is 0.500. The predicted octanol–water partition coefficient (Wildman–Crippen LogP) is 5.09. The molecule has 3 saturated heterocycles. The number of nitrogens with zero attached hydrogens (tertiary/aromatic N) is 4. The Hall–Kier alpha value is -3.35. The van der Waals surface area contributed by atoms with E-state index in [1.54, 1.807) is 12.1 Å². The van der Waals surface area contributed by atoms with Crippen molar-refractivity contribution in [3.05, 3.63) is 78.4 Å². The number of anilines is 2. The van der Waals surface area contributed by atoms with Crippen LogP contribution in [-0.2, 0) is 19.9 Å². The van der Waals surface area contributed by atoms with Crippen LogP contribution in [0, 0.1) is 11.8 Å². The fourth-order valence-corrected chi connectivity index (χ4v) is 10.6. The molecule has 3 aliphatic heterocycles. The van der Waals surface area contributed by atoms with Gasteiger partial charge in [0.1, 0.15) is 4.90 Å². The summed E-state index contributed by atoms with van der Waals surface area (Å²) < 4.78 is 97.1. The van der Waals surface area contributed by atoms with Gasteiger partial charge in [0, 0.05) is 92.9 Å². The Bertz CT molecular complexity index is 2000. The number of piperazine rings is 1. The van der Waals surface area contributed by atoms with E-state index in [1.165, 1.54) is 23.9 Å². The molecule has 0 bridgehead atoms. The number of sulfone groups is 1. The summed E-state index contributed by atoms with van der Waals surface area (Å²) in [4.78, 5) is 21.2. The number of sulfonamides is 1. The third-order valence-corrected chi connectivity index (χ3v) is 14.8. The molecule has 2 N–H and O–H groups in total. The van der Waals surface area contributed by atoms with E-state index in [1.807, 2.05) is 35.1 Å². The molecule has 300 valence electrons. The first-order chi connectivity index (χ1) is 26.0. The van der Waals surface area contributed by atoms with Crippen LogP contribution in [0.15, 0.2) is 87.5 Å². The number of carbonyl (C=O) groups excluding carboxylic acids is 1. The van der Waals surface area contributed by atoms with E-state index in [-0.39, 0.29) is 11.3 Å². The second-order valence-corrected chi connectivity index (χ2v) is 19.6. The lowest BCUT2D eigenvalue weighted by Crippen LogP contribution is -2.49. The molecule has 0 radical (unpaired) electrons. The first-order valence-corrected chi connectivity index (χ1v) is 22.4. The number of likely N-dealkylation sites (tertiary alicyclic amines) is 1. The summed E-state index contributed by atoms with van der Waals surface area (Å²) in [5, 5.41) is 3.03. The number of carbonyl (C=O) groups is 1. The molecule has 0 spiro atoms. The van der Waals surface area contributed by atoms with Gasteiger partial charge >= 0.3 is 5.51 Å². The molecule has 3 heterocycles. The van der Waals surface area contributed by atoms with Gasteiger partial charge in [0.05, 0.1) is 10.6 Å². The Kier molecular flexibility index (Phi) is 12.8. The zero-order chi connectivity index (χ0) is 39.5. The van der Waals surface area contributed by atoms with E-state index in [2.05, 4.69) is 45.8 Å². The third-order valence-electron chi connectivity index (χ3n) is 10.7. The lowest BCUT2D eigenvalue weighted by Gasteiger charge is -2.37. The maximum atomic E-state index is 14.1. The van der Waals surface area contributed by atoms with Crippen molar-refractivity contribution in [3.63, 3.8) is 0 Å². The number of amides is 1. The standard InChI is InChI=1S/C38H49F3N6O5S3/c1-27(2)46-19-17-45(18-20-46)16-15-31(26-53-33-7-5-4-6-8-33)42-35-14-13-34(21-36(35)54(49,50)38(39,40)41)55(51,52)43-37(48)28-9-11-32(12-10-28)47-24-29-22-44(3)23-30(29)25-47/h4-14,21,27,29-31,42H,15-20,22-26H2,1-3H3,(H,43,48)/t29?,30?,31-/m1/s1. The minimum Gasteiger partial charge on any atom is -0.380 e. The molecule has 3 fully saturated rings. The Morgan fingerprint density at radius 3 is 2.11 bits per heavy atom. The molecule has 1 amide bonds. The fourth-order valence-electron chi connectivity index (χ4n) is 7.61. The van der Waals surface area contributed by atoms with Crippen molar-refractivity contribution in [2.45, 2.75) is 52.5 Å². The molecule has 3 atom stereocenters. The number of hydrogen-bond acceptors (Lipinski definition) is 11. The summed E-state index contributed by atoms with van der Waals surface area (Å²) in [6, 6.07) is 18.3. The molecule has 6 rings (SSSR count). The molecule has 3 aromatic rings. The molecule has 11 nitrogen and oxygen atoms in total. The molecule has 0 saturated carbocycles. The van der Waals surface area contributed by atoms with Gasteiger partial charge in [-0.1, -0.05) is 18.2 Å². The van der Waals surface area contributed by atoms with Gasteiger partial charge in [-0.25, -0.2) is 21.6 Å². The normalized spacial score (nSPS) is 20.8. The monoisotopic (exact) mass is 822 g/mol. The van der Waals surface area contributed by atoms with Crippen molar-refractivity contribution >= 4 is 48.9 Å². The maximum absolute atomic E-state index is 14.1. The van der Waals surface area contributed by atoms with Crippen LogP contribution in [0.5, 0.6) is 0 Å². The highest BCUT2D eigenvalue weighted by Gasteiger charge is 2.48. The second-order valence-electron chi connectivity index (χ2n) is 15.0. The average Bonchev–Trinajstić information content (AvgIpc) is 3.70. The first kappa shape index (κ1) is 41.3. The molecule has 55 heavy (non-hydrogen) atoms. The van der Waals surface area contributed by atoms with Crippen LogP contribution in [0.4, 0.5) is 24.5 Å².